The van der Waals surface area contributed by atoms with Gasteiger partial charge in [-0.1, -0.05) is 34.8 Å². The molecule has 5 heteroatoms. The Morgan fingerprint density at radius 3 is 2.47 bits per heavy atom. The van der Waals surface area contributed by atoms with Crippen molar-refractivity contribution in [3.8, 4) is 0 Å². The molecule has 0 unspecified atom stereocenters. The molecule has 1 heterocycles. The summed E-state index contributed by atoms with van der Waals surface area (Å²) in [6.45, 7) is 1.90. The second-order valence-electron chi connectivity index (χ2n) is 3.57. The third kappa shape index (κ3) is 3.03. The highest BCUT2D eigenvalue weighted by Crippen LogP contribution is 2.30. The monoisotopic (exact) mass is 286 g/mol. The van der Waals surface area contributed by atoms with Gasteiger partial charge in [-0.15, -0.1) is 0 Å². The number of anilines is 2. The minimum absolute atomic E-state index is 0.587. The van der Waals surface area contributed by atoms with Gasteiger partial charge in [0.05, 0.1) is 15.7 Å². The average Bonchev–Trinajstić information content (AvgIpc) is 2.29. The second-order valence-corrected chi connectivity index (χ2v) is 4.82. The van der Waals surface area contributed by atoms with Crippen molar-refractivity contribution in [1.29, 1.82) is 0 Å². The van der Waals surface area contributed by atoms with Crippen molar-refractivity contribution in [2.24, 2.45) is 0 Å². The topological polar surface area (TPSA) is 24.9 Å². The van der Waals surface area contributed by atoms with Crippen molar-refractivity contribution < 1.29 is 0 Å². The van der Waals surface area contributed by atoms with Crippen LogP contribution in [-0.4, -0.2) is 4.98 Å². The standard InChI is InChI=1S/C12H9Cl3N2/c1-7-4-10(15)11(5-9(7)14)17-12-3-2-8(13)6-16-12/h2-6H,1H3,(H,16,17). The Labute approximate surface area is 115 Å². The Morgan fingerprint density at radius 2 is 1.82 bits per heavy atom. The van der Waals surface area contributed by atoms with Crippen LogP contribution in [0.25, 0.3) is 0 Å². The molecule has 0 amide bonds. The molecule has 0 atom stereocenters. The summed E-state index contributed by atoms with van der Waals surface area (Å²) in [5.74, 6) is 0.663. The Morgan fingerprint density at radius 1 is 1.06 bits per heavy atom. The van der Waals surface area contributed by atoms with Gasteiger partial charge in [-0.25, -0.2) is 4.98 Å². The zero-order valence-electron chi connectivity index (χ0n) is 8.97. The summed E-state index contributed by atoms with van der Waals surface area (Å²) in [6, 6.07) is 7.10. The van der Waals surface area contributed by atoms with E-state index in [9.17, 15) is 0 Å². The van der Waals surface area contributed by atoms with Crippen LogP contribution in [0.15, 0.2) is 30.5 Å². The highest BCUT2D eigenvalue weighted by molar-refractivity contribution is 6.35. The molecule has 0 aliphatic heterocycles. The van der Waals surface area contributed by atoms with Gasteiger partial charge in [-0.05, 0) is 36.8 Å². The Hall–Kier alpha value is -0.960. The van der Waals surface area contributed by atoms with Crippen LogP contribution < -0.4 is 5.32 Å². The van der Waals surface area contributed by atoms with Crippen LogP contribution in [-0.2, 0) is 0 Å². The summed E-state index contributed by atoms with van der Waals surface area (Å²) >= 11 is 17.9. The van der Waals surface area contributed by atoms with E-state index in [2.05, 4.69) is 10.3 Å². The van der Waals surface area contributed by atoms with Crippen molar-refractivity contribution >= 4 is 46.3 Å². The highest BCUT2D eigenvalue weighted by atomic mass is 35.5. The van der Waals surface area contributed by atoms with Crippen molar-refractivity contribution in [2.75, 3.05) is 5.32 Å². The molecule has 0 fully saturated rings. The molecular formula is C12H9Cl3N2. The SMILES string of the molecule is Cc1cc(Cl)c(Nc2ccc(Cl)cn2)cc1Cl. The van der Waals surface area contributed by atoms with Crippen molar-refractivity contribution in [2.45, 2.75) is 6.92 Å². The van der Waals surface area contributed by atoms with Gasteiger partial charge in [0, 0.05) is 11.2 Å². The lowest BCUT2D eigenvalue weighted by Gasteiger charge is -2.09. The lowest BCUT2D eigenvalue weighted by molar-refractivity contribution is 1.31. The maximum absolute atomic E-state index is 6.11. The molecule has 1 aromatic carbocycles. The van der Waals surface area contributed by atoms with E-state index in [0.717, 1.165) is 11.3 Å². The van der Waals surface area contributed by atoms with Crippen LogP contribution in [0.4, 0.5) is 11.5 Å². The van der Waals surface area contributed by atoms with E-state index in [-0.39, 0.29) is 0 Å². The number of aryl methyl sites for hydroxylation is 1. The van der Waals surface area contributed by atoms with Gasteiger partial charge < -0.3 is 5.32 Å². The molecule has 0 bridgehead atoms. The lowest BCUT2D eigenvalue weighted by Crippen LogP contribution is -1.94. The van der Waals surface area contributed by atoms with Crippen LogP contribution in [0.1, 0.15) is 5.56 Å². The number of pyridine rings is 1. The van der Waals surface area contributed by atoms with E-state index in [1.54, 1.807) is 24.4 Å². The number of benzene rings is 1. The molecule has 0 saturated heterocycles. The summed E-state index contributed by atoms with van der Waals surface area (Å²) in [5, 5.41) is 4.93. The number of hydrogen-bond acceptors (Lipinski definition) is 2. The van der Waals surface area contributed by atoms with Crippen LogP contribution >= 0.6 is 34.8 Å². The van der Waals surface area contributed by atoms with Crippen LogP contribution in [0.3, 0.4) is 0 Å². The normalized spacial score (nSPS) is 10.4. The van der Waals surface area contributed by atoms with Gasteiger partial charge in [-0.2, -0.15) is 0 Å². The van der Waals surface area contributed by atoms with E-state index in [1.165, 1.54) is 0 Å². The zero-order chi connectivity index (χ0) is 12.4. The van der Waals surface area contributed by atoms with Gasteiger partial charge >= 0.3 is 0 Å². The largest absolute Gasteiger partial charge is 0.339 e. The fourth-order valence-electron chi connectivity index (χ4n) is 1.33. The Balaban J connectivity index is 2.30. The Kier molecular flexibility index (Phi) is 3.77. The van der Waals surface area contributed by atoms with Crippen LogP contribution in [0.5, 0.6) is 0 Å². The van der Waals surface area contributed by atoms with E-state index in [4.69, 9.17) is 34.8 Å². The van der Waals surface area contributed by atoms with E-state index in [1.807, 2.05) is 13.0 Å². The van der Waals surface area contributed by atoms with Crippen molar-refractivity contribution in [3.05, 3.63) is 51.1 Å². The highest BCUT2D eigenvalue weighted by Gasteiger charge is 2.05. The number of aromatic nitrogens is 1. The summed E-state index contributed by atoms with van der Waals surface area (Å²) in [6.07, 6.45) is 1.56. The number of halogens is 3. The van der Waals surface area contributed by atoms with E-state index >= 15 is 0 Å². The summed E-state index contributed by atoms with van der Waals surface area (Å²) in [7, 11) is 0. The predicted octanol–water partition coefficient (Wildman–Crippen LogP) is 5.09. The predicted molar refractivity (Wildman–Crippen MR) is 73.7 cm³/mol. The molecule has 1 aromatic heterocycles. The molecule has 0 saturated carbocycles. The number of hydrogen-bond donors (Lipinski definition) is 1. The molecule has 2 aromatic rings. The molecule has 0 radical (unpaired) electrons. The number of nitrogens with zero attached hydrogens (tertiary/aromatic N) is 1. The van der Waals surface area contributed by atoms with Gasteiger partial charge in [0.1, 0.15) is 5.82 Å². The molecule has 17 heavy (non-hydrogen) atoms. The molecule has 2 rings (SSSR count). The van der Waals surface area contributed by atoms with Crippen LogP contribution in [0.2, 0.25) is 15.1 Å². The van der Waals surface area contributed by atoms with Crippen LogP contribution in [0, 0.1) is 6.92 Å². The maximum Gasteiger partial charge on any atom is 0.130 e. The molecule has 2 nitrogen and oxygen atoms in total. The van der Waals surface area contributed by atoms with E-state index in [0.29, 0.717) is 20.9 Å². The number of nitrogens with one attached hydrogen (secondary N) is 1. The summed E-state index contributed by atoms with van der Waals surface area (Å²) in [4.78, 5) is 4.12. The molecule has 0 aliphatic carbocycles. The van der Waals surface area contributed by atoms with Gasteiger partial charge in [0.2, 0.25) is 0 Å². The first kappa shape index (κ1) is 12.5. The summed E-state index contributed by atoms with van der Waals surface area (Å²) < 4.78 is 0. The summed E-state index contributed by atoms with van der Waals surface area (Å²) in [5.41, 5.74) is 1.66. The molecular weight excluding hydrogens is 279 g/mol. The number of rotatable bonds is 2. The zero-order valence-corrected chi connectivity index (χ0v) is 11.2. The first-order valence-corrected chi connectivity index (χ1v) is 6.04. The quantitative estimate of drug-likeness (QED) is 0.832. The first-order valence-electron chi connectivity index (χ1n) is 4.90. The lowest BCUT2D eigenvalue weighted by atomic mass is 10.2. The van der Waals surface area contributed by atoms with Crippen molar-refractivity contribution in [1.82, 2.24) is 4.98 Å². The van der Waals surface area contributed by atoms with Gasteiger partial charge in [0.15, 0.2) is 0 Å². The second kappa shape index (κ2) is 5.13. The minimum Gasteiger partial charge on any atom is -0.339 e. The fourth-order valence-corrected chi connectivity index (χ4v) is 1.87. The average molecular weight is 288 g/mol. The Bertz CT molecular complexity index is 538. The molecule has 1 N–H and O–H groups in total. The third-order valence-electron chi connectivity index (χ3n) is 2.24. The maximum atomic E-state index is 6.11. The molecule has 0 aliphatic rings. The van der Waals surface area contributed by atoms with Gasteiger partial charge in [-0.3, -0.25) is 0 Å². The van der Waals surface area contributed by atoms with E-state index < -0.39 is 0 Å². The molecule has 88 valence electrons. The fraction of sp³-hybridized carbons (Fsp3) is 0.0833. The minimum atomic E-state index is 0.587. The first-order chi connectivity index (χ1) is 8.06. The smallest absolute Gasteiger partial charge is 0.130 e. The molecule has 0 spiro atoms. The van der Waals surface area contributed by atoms with Gasteiger partial charge in [0.25, 0.3) is 0 Å². The third-order valence-corrected chi connectivity index (χ3v) is 3.18. The van der Waals surface area contributed by atoms with Crippen molar-refractivity contribution in [3.63, 3.8) is 0 Å².